The summed E-state index contributed by atoms with van der Waals surface area (Å²) < 4.78 is 10.2. The number of aromatic nitrogens is 2. The van der Waals surface area contributed by atoms with E-state index in [0.29, 0.717) is 17.2 Å². The van der Waals surface area contributed by atoms with Crippen molar-refractivity contribution in [2.45, 2.75) is 0 Å². The van der Waals surface area contributed by atoms with Crippen LogP contribution in [0.2, 0.25) is 0 Å². The van der Waals surface area contributed by atoms with Crippen LogP contribution in [0, 0.1) is 0 Å². The van der Waals surface area contributed by atoms with Crippen LogP contribution in [0.5, 0.6) is 11.5 Å². The molecule has 8 nitrogen and oxygen atoms in total. The molecule has 2 aromatic rings. The van der Waals surface area contributed by atoms with Gasteiger partial charge in [0, 0.05) is 24.1 Å². The molecule has 0 radical (unpaired) electrons. The average molecular weight is 302 g/mol. The predicted molar refractivity (Wildman–Crippen MR) is 73.9 cm³/mol. The van der Waals surface area contributed by atoms with Crippen LogP contribution in [-0.2, 0) is 0 Å². The van der Waals surface area contributed by atoms with Crippen molar-refractivity contribution in [3.8, 4) is 11.5 Å². The molecule has 0 unspecified atom stereocenters. The minimum Gasteiger partial charge on any atom is -0.543 e. The fourth-order valence-corrected chi connectivity index (χ4v) is 1.76. The predicted octanol–water partition coefficient (Wildman–Crippen LogP) is 0.110. The number of hydrogen-bond acceptors (Lipinski definition) is 7. The van der Waals surface area contributed by atoms with E-state index in [1.54, 1.807) is 12.1 Å². The van der Waals surface area contributed by atoms with Crippen molar-refractivity contribution in [3.63, 3.8) is 0 Å². The van der Waals surface area contributed by atoms with Crippen molar-refractivity contribution in [2.75, 3.05) is 19.5 Å². The molecule has 0 saturated heterocycles. The molecule has 8 heteroatoms. The number of methoxy groups -OCH3 is 2. The largest absolute Gasteiger partial charge is 0.543 e. The zero-order valence-corrected chi connectivity index (χ0v) is 11.8. The minimum absolute atomic E-state index is 0.336. The number of carboxylic acid groups (broad SMARTS) is 1. The van der Waals surface area contributed by atoms with Gasteiger partial charge in [-0.3, -0.25) is 9.78 Å². The first-order valence-electron chi connectivity index (χ1n) is 6.12. The number of carbonyl (C=O) groups excluding carboxylic acids is 2. The summed E-state index contributed by atoms with van der Waals surface area (Å²) in [5.74, 6) is -1.39. The topological polar surface area (TPSA) is 113 Å². The summed E-state index contributed by atoms with van der Waals surface area (Å²) in [4.78, 5) is 30.3. The lowest BCUT2D eigenvalue weighted by Gasteiger charge is -2.11. The average Bonchev–Trinajstić information content (AvgIpc) is 2.54. The van der Waals surface area contributed by atoms with Crippen LogP contribution in [0.15, 0.2) is 30.6 Å². The van der Waals surface area contributed by atoms with Gasteiger partial charge in [0.25, 0.3) is 5.91 Å². The number of benzene rings is 1. The molecule has 0 saturated carbocycles. The van der Waals surface area contributed by atoms with Crippen molar-refractivity contribution in [1.82, 2.24) is 9.97 Å². The van der Waals surface area contributed by atoms with Gasteiger partial charge < -0.3 is 24.7 Å². The number of aromatic carboxylic acids is 1. The molecule has 1 aromatic carbocycles. The maximum atomic E-state index is 12.1. The summed E-state index contributed by atoms with van der Waals surface area (Å²) in [6.45, 7) is 0. The molecule has 0 aliphatic heterocycles. The van der Waals surface area contributed by atoms with Crippen LogP contribution >= 0.6 is 0 Å². The minimum atomic E-state index is -1.58. The summed E-state index contributed by atoms with van der Waals surface area (Å²) in [7, 11) is 2.95. The quantitative estimate of drug-likeness (QED) is 0.833. The number of rotatable bonds is 5. The summed E-state index contributed by atoms with van der Waals surface area (Å²) >= 11 is 0. The van der Waals surface area contributed by atoms with Crippen LogP contribution < -0.4 is 19.9 Å². The zero-order chi connectivity index (χ0) is 16.1. The third-order valence-corrected chi connectivity index (χ3v) is 2.75. The molecule has 114 valence electrons. The van der Waals surface area contributed by atoms with E-state index in [-0.39, 0.29) is 5.69 Å². The second-order valence-corrected chi connectivity index (χ2v) is 4.06. The normalized spacial score (nSPS) is 9.91. The number of ether oxygens (including phenoxy) is 2. The fraction of sp³-hybridized carbons (Fsp3) is 0.143. The Kier molecular flexibility index (Phi) is 4.52. The molecule has 1 amide bonds. The molecular weight excluding hydrogens is 290 g/mol. The van der Waals surface area contributed by atoms with Gasteiger partial charge in [0.05, 0.1) is 20.2 Å². The summed E-state index contributed by atoms with van der Waals surface area (Å²) in [5.41, 5.74) is -0.477. The van der Waals surface area contributed by atoms with Gasteiger partial charge in [0.1, 0.15) is 5.69 Å². The summed E-state index contributed by atoms with van der Waals surface area (Å²) in [6, 6.07) is 4.71. The number of carbonyl (C=O) groups is 2. The molecule has 2 rings (SSSR count). The van der Waals surface area contributed by atoms with E-state index in [9.17, 15) is 14.7 Å². The van der Waals surface area contributed by atoms with Crippen molar-refractivity contribution < 1.29 is 24.2 Å². The number of nitrogens with one attached hydrogen (secondary N) is 1. The molecule has 0 bridgehead atoms. The van der Waals surface area contributed by atoms with E-state index < -0.39 is 17.6 Å². The van der Waals surface area contributed by atoms with Crippen LogP contribution in [0.1, 0.15) is 21.0 Å². The molecule has 0 atom stereocenters. The molecular formula is C14H12N3O5-. The van der Waals surface area contributed by atoms with Crippen molar-refractivity contribution in [1.29, 1.82) is 0 Å². The number of nitrogens with zero attached hydrogens (tertiary/aromatic N) is 2. The molecule has 0 spiro atoms. The Labute approximate surface area is 125 Å². The van der Waals surface area contributed by atoms with Crippen LogP contribution in [0.4, 0.5) is 5.69 Å². The van der Waals surface area contributed by atoms with E-state index in [1.807, 2.05) is 0 Å². The maximum absolute atomic E-state index is 12.1. The Morgan fingerprint density at radius 2 is 1.68 bits per heavy atom. The third-order valence-electron chi connectivity index (χ3n) is 2.75. The van der Waals surface area contributed by atoms with Crippen molar-refractivity contribution in [3.05, 3.63) is 42.0 Å². The fourth-order valence-electron chi connectivity index (χ4n) is 1.76. The highest BCUT2D eigenvalue weighted by Gasteiger charge is 2.16. The molecule has 0 fully saturated rings. The van der Waals surface area contributed by atoms with Gasteiger partial charge >= 0.3 is 0 Å². The van der Waals surface area contributed by atoms with Gasteiger partial charge in [-0.25, -0.2) is 4.98 Å². The standard InChI is InChI=1S/C14H13N3O5/c1-21-9-4-3-8(7-10(9)22-2)17-13(18)11-12(14(19)20)16-6-5-15-11/h3-7H,1-2H3,(H,17,18)(H,19,20)/p-1. The van der Waals surface area contributed by atoms with E-state index >= 15 is 0 Å². The van der Waals surface area contributed by atoms with Crippen molar-refractivity contribution >= 4 is 17.6 Å². The van der Waals surface area contributed by atoms with Crippen LogP contribution in [-0.4, -0.2) is 36.1 Å². The van der Waals surface area contributed by atoms with Gasteiger partial charge in [0.15, 0.2) is 17.2 Å². The van der Waals surface area contributed by atoms with E-state index in [4.69, 9.17) is 9.47 Å². The highest BCUT2D eigenvalue weighted by molar-refractivity contribution is 6.08. The summed E-state index contributed by atoms with van der Waals surface area (Å²) in [6.07, 6.45) is 2.38. The van der Waals surface area contributed by atoms with Gasteiger partial charge in [-0.15, -0.1) is 0 Å². The second kappa shape index (κ2) is 6.53. The Bertz CT molecular complexity index is 717. The van der Waals surface area contributed by atoms with E-state index in [2.05, 4.69) is 15.3 Å². The third kappa shape index (κ3) is 3.11. The molecule has 0 aliphatic rings. The lowest BCUT2D eigenvalue weighted by atomic mass is 10.2. The van der Waals surface area contributed by atoms with E-state index in [0.717, 1.165) is 0 Å². The Morgan fingerprint density at radius 1 is 1.05 bits per heavy atom. The van der Waals surface area contributed by atoms with Gasteiger partial charge in [-0.05, 0) is 12.1 Å². The second-order valence-electron chi connectivity index (χ2n) is 4.06. The first-order chi connectivity index (χ1) is 10.6. The molecule has 1 N–H and O–H groups in total. The lowest BCUT2D eigenvalue weighted by Crippen LogP contribution is -2.28. The highest BCUT2D eigenvalue weighted by Crippen LogP contribution is 2.29. The number of hydrogen-bond donors (Lipinski definition) is 1. The molecule has 1 heterocycles. The monoisotopic (exact) mass is 302 g/mol. The Balaban J connectivity index is 2.28. The number of amides is 1. The van der Waals surface area contributed by atoms with Crippen molar-refractivity contribution in [2.24, 2.45) is 0 Å². The maximum Gasteiger partial charge on any atom is 0.276 e. The summed E-state index contributed by atoms with van der Waals surface area (Å²) in [5, 5.41) is 13.4. The Hall–Kier alpha value is -3.16. The van der Waals surface area contributed by atoms with Gasteiger partial charge in [-0.1, -0.05) is 0 Å². The zero-order valence-electron chi connectivity index (χ0n) is 11.8. The Morgan fingerprint density at radius 3 is 2.27 bits per heavy atom. The first-order valence-corrected chi connectivity index (χ1v) is 6.12. The number of carboxylic acids is 1. The lowest BCUT2D eigenvalue weighted by molar-refractivity contribution is -0.255. The van der Waals surface area contributed by atoms with Gasteiger partial charge in [-0.2, -0.15) is 0 Å². The van der Waals surface area contributed by atoms with Gasteiger partial charge in [0.2, 0.25) is 0 Å². The van der Waals surface area contributed by atoms with Crippen LogP contribution in [0.25, 0.3) is 0 Å². The first kappa shape index (κ1) is 15.2. The molecule has 22 heavy (non-hydrogen) atoms. The SMILES string of the molecule is COc1ccc(NC(=O)c2nccnc2C(=O)[O-])cc1OC. The number of anilines is 1. The highest BCUT2D eigenvalue weighted by atomic mass is 16.5. The molecule has 1 aromatic heterocycles. The molecule has 0 aliphatic carbocycles. The van der Waals surface area contributed by atoms with E-state index in [1.165, 1.54) is 32.7 Å². The smallest absolute Gasteiger partial charge is 0.276 e. The van der Waals surface area contributed by atoms with Crippen LogP contribution in [0.3, 0.4) is 0 Å².